The van der Waals surface area contributed by atoms with Crippen molar-refractivity contribution in [2.45, 2.75) is 10.1 Å². The van der Waals surface area contributed by atoms with Gasteiger partial charge in [0.15, 0.2) is 5.16 Å². The normalized spacial score (nSPS) is 11.4. The molecule has 0 aliphatic heterocycles. The number of carbonyl (C=O) groups is 1. The van der Waals surface area contributed by atoms with Crippen LogP contribution in [0.2, 0.25) is 0 Å². The second-order valence-corrected chi connectivity index (χ2v) is 8.56. The van der Waals surface area contributed by atoms with Gasteiger partial charge in [0, 0.05) is 16.0 Å². The summed E-state index contributed by atoms with van der Waals surface area (Å²) >= 11 is 3.06. The van der Waals surface area contributed by atoms with E-state index < -0.39 is 0 Å². The van der Waals surface area contributed by atoms with Crippen molar-refractivity contribution in [3.05, 3.63) is 72.8 Å². The smallest absolute Gasteiger partial charge is 0.234 e. The van der Waals surface area contributed by atoms with E-state index in [4.69, 9.17) is 9.97 Å². The van der Waals surface area contributed by atoms with Crippen molar-refractivity contribution in [1.82, 2.24) is 14.4 Å². The summed E-state index contributed by atoms with van der Waals surface area (Å²) in [6, 6.07) is 23.8. The largest absolute Gasteiger partial charge is 0.325 e. The molecule has 7 heteroatoms. The number of fused-ring (bicyclic) bond motifs is 5. The predicted molar refractivity (Wildman–Crippen MR) is 126 cm³/mol. The third-order valence-corrected chi connectivity index (χ3v) is 6.46. The molecular weight excluding hydrogens is 412 g/mol. The topological polar surface area (TPSA) is 59.3 Å². The first-order valence-electron chi connectivity index (χ1n) is 9.45. The van der Waals surface area contributed by atoms with Gasteiger partial charge in [-0.2, -0.15) is 0 Å². The Balaban J connectivity index is 1.49. The van der Waals surface area contributed by atoms with Crippen LogP contribution >= 0.6 is 23.5 Å². The lowest BCUT2D eigenvalue weighted by atomic mass is 10.2. The molecule has 148 valence electrons. The highest BCUT2D eigenvalue weighted by Gasteiger charge is 2.15. The van der Waals surface area contributed by atoms with Gasteiger partial charge in [0.1, 0.15) is 5.65 Å². The van der Waals surface area contributed by atoms with Crippen molar-refractivity contribution in [3.63, 3.8) is 0 Å². The molecule has 0 saturated heterocycles. The molecule has 0 saturated carbocycles. The van der Waals surface area contributed by atoms with Crippen LogP contribution in [0.15, 0.2) is 82.8 Å². The number of rotatable bonds is 5. The summed E-state index contributed by atoms with van der Waals surface area (Å²) in [6.07, 6.45) is 2.02. The molecular formula is C23H18N4OS2. The fourth-order valence-electron chi connectivity index (χ4n) is 3.44. The van der Waals surface area contributed by atoms with E-state index in [9.17, 15) is 4.79 Å². The minimum atomic E-state index is -0.0641. The van der Waals surface area contributed by atoms with Crippen molar-refractivity contribution in [3.8, 4) is 0 Å². The monoisotopic (exact) mass is 430 g/mol. The molecule has 30 heavy (non-hydrogen) atoms. The molecule has 0 unspecified atom stereocenters. The predicted octanol–water partition coefficient (Wildman–Crippen LogP) is 5.49. The number of imidazole rings is 1. The standard InChI is InChI=1S/C23H18N4OS2/c1-29-16-8-6-7-15(13-16)24-21(28)14-30-23-26-18-10-3-2-9-17(18)22-25-19-11-4-5-12-20(19)27(22)23/h2-13H,14H2,1H3,(H,24,28). The Kier molecular flexibility index (Phi) is 5.06. The molecule has 5 rings (SSSR count). The van der Waals surface area contributed by atoms with Gasteiger partial charge in [-0.1, -0.05) is 42.1 Å². The third kappa shape index (κ3) is 3.51. The highest BCUT2D eigenvalue weighted by atomic mass is 32.2. The Bertz CT molecular complexity index is 1400. The van der Waals surface area contributed by atoms with Gasteiger partial charge in [-0.05, 0) is 48.7 Å². The van der Waals surface area contributed by atoms with E-state index in [0.29, 0.717) is 0 Å². The van der Waals surface area contributed by atoms with Crippen LogP contribution < -0.4 is 5.32 Å². The van der Waals surface area contributed by atoms with Gasteiger partial charge in [0.25, 0.3) is 0 Å². The minimum absolute atomic E-state index is 0.0641. The fourth-order valence-corrected chi connectivity index (χ4v) is 4.71. The maximum absolute atomic E-state index is 12.6. The summed E-state index contributed by atoms with van der Waals surface area (Å²) in [7, 11) is 0. The number of benzene rings is 3. The molecule has 0 fully saturated rings. The summed E-state index contributed by atoms with van der Waals surface area (Å²) in [5, 5.41) is 4.73. The SMILES string of the molecule is CSc1cccc(NC(=O)CSc2nc3ccccc3c3nc4ccccc4n23)c1. The number of thioether (sulfide) groups is 2. The molecule has 1 amide bonds. The molecule has 0 spiro atoms. The number of aromatic nitrogens is 3. The lowest BCUT2D eigenvalue weighted by Crippen LogP contribution is -2.14. The van der Waals surface area contributed by atoms with Crippen LogP contribution in [0.25, 0.3) is 27.6 Å². The summed E-state index contributed by atoms with van der Waals surface area (Å²) in [4.78, 5) is 23.4. The van der Waals surface area contributed by atoms with E-state index in [1.54, 1.807) is 11.8 Å². The molecule has 0 aliphatic rings. The first kappa shape index (κ1) is 19.0. The Morgan fingerprint density at radius 1 is 0.967 bits per heavy atom. The summed E-state index contributed by atoms with van der Waals surface area (Å²) in [5.74, 6) is 0.196. The summed E-state index contributed by atoms with van der Waals surface area (Å²) < 4.78 is 2.05. The molecule has 0 radical (unpaired) electrons. The van der Waals surface area contributed by atoms with Crippen LogP contribution in [0.3, 0.4) is 0 Å². The van der Waals surface area contributed by atoms with Gasteiger partial charge in [-0.3, -0.25) is 9.20 Å². The Morgan fingerprint density at radius 3 is 2.63 bits per heavy atom. The molecule has 5 nitrogen and oxygen atoms in total. The number of carbonyl (C=O) groups excluding carboxylic acids is 1. The van der Waals surface area contributed by atoms with Crippen molar-refractivity contribution in [2.75, 3.05) is 17.3 Å². The lowest BCUT2D eigenvalue weighted by Gasteiger charge is -2.09. The van der Waals surface area contributed by atoms with Gasteiger partial charge >= 0.3 is 0 Å². The van der Waals surface area contributed by atoms with Crippen LogP contribution in [0.4, 0.5) is 5.69 Å². The van der Waals surface area contributed by atoms with E-state index in [1.807, 2.05) is 83.5 Å². The van der Waals surface area contributed by atoms with Gasteiger partial charge in [0.2, 0.25) is 5.91 Å². The van der Waals surface area contributed by atoms with Crippen LogP contribution in [0.5, 0.6) is 0 Å². The summed E-state index contributed by atoms with van der Waals surface area (Å²) in [6.45, 7) is 0. The van der Waals surface area contributed by atoms with E-state index in [1.165, 1.54) is 11.8 Å². The van der Waals surface area contributed by atoms with Gasteiger partial charge < -0.3 is 5.32 Å². The Morgan fingerprint density at radius 2 is 1.77 bits per heavy atom. The van der Waals surface area contributed by atoms with Crippen molar-refractivity contribution in [2.24, 2.45) is 0 Å². The number of anilines is 1. The molecule has 1 N–H and O–H groups in total. The zero-order valence-corrected chi connectivity index (χ0v) is 17.8. The number of hydrogen-bond acceptors (Lipinski definition) is 5. The van der Waals surface area contributed by atoms with E-state index in [2.05, 4.69) is 5.32 Å². The first-order valence-corrected chi connectivity index (χ1v) is 11.7. The van der Waals surface area contributed by atoms with Gasteiger partial charge in [0.05, 0.1) is 22.3 Å². The number of nitrogens with zero attached hydrogens (tertiary/aromatic N) is 3. The van der Waals surface area contributed by atoms with Crippen LogP contribution in [-0.4, -0.2) is 32.3 Å². The van der Waals surface area contributed by atoms with Crippen LogP contribution in [0.1, 0.15) is 0 Å². The van der Waals surface area contributed by atoms with E-state index >= 15 is 0 Å². The molecule has 0 atom stereocenters. The maximum atomic E-state index is 12.6. The molecule has 0 bridgehead atoms. The minimum Gasteiger partial charge on any atom is -0.325 e. The van der Waals surface area contributed by atoms with Gasteiger partial charge in [-0.15, -0.1) is 11.8 Å². The van der Waals surface area contributed by atoms with Gasteiger partial charge in [-0.25, -0.2) is 9.97 Å². The average molecular weight is 431 g/mol. The third-order valence-electron chi connectivity index (χ3n) is 4.80. The highest BCUT2D eigenvalue weighted by molar-refractivity contribution is 7.99. The Hall–Kier alpha value is -3.03. The summed E-state index contributed by atoms with van der Waals surface area (Å²) in [5.41, 5.74) is 4.43. The molecule has 5 aromatic rings. The lowest BCUT2D eigenvalue weighted by molar-refractivity contribution is -0.113. The number of hydrogen-bond donors (Lipinski definition) is 1. The molecule has 2 heterocycles. The zero-order chi connectivity index (χ0) is 20.5. The second-order valence-electron chi connectivity index (χ2n) is 6.74. The maximum Gasteiger partial charge on any atom is 0.234 e. The average Bonchev–Trinajstić information content (AvgIpc) is 3.18. The number of para-hydroxylation sites is 3. The number of amides is 1. The van der Waals surface area contributed by atoms with Crippen LogP contribution in [-0.2, 0) is 4.79 Å². The molecule has 3 aromatic carbocycles. The fraction of sp³-hybridized carbons (Fsp3) is 0.0870. The Labute approximate surface area is 181 Å². The zero-order valence-electron chi connectivity index (χ0n) is 16.2. The van der Waals surface area contributed by atoms with E-state index in [0.717, 1.165) is 43.3 Å². The van der Waals surface area contributed by atoms with E-state index in [-0.39, 0.29) is 11.7 Å². The highest BCUT2D eigenvalue weighted by Crippen LogP contribution is 2.29. The van der Waals surface area contributed by atoms with Crippen LogP contribution in [0, 0.1) is 0 Å². The van der Waals surface area contributed by atoms with Crippen molar-refractivity contribution >= 4 is 62.7 Å². The molecule has 2 aromatic heterocycles. The van der Waals surface area contributed by atoms with Crippen molar-refractivity contribution in [1.29, 1.82) is 0 Å². The quantitative estimate of drug-likeness (QED) is 0.295. The number of nitrogens with one attached hydrogen (secondary N) is 1. The first-order chi connectivity index (χ1) is 14.7. The second kappa shape index (κ2) is 8.01. The van der Waals surface area contributed by atoms with Crippen molar-refractivity contribution < 1.29 is 4.79 Å². The molecule has 0 aliphatic carbocycles.